The number of ether oxygens (including phenoxy) is 1. The van der Waals surface area contributed by atoms with Crippen LogP contribution in [0.5, 0.6) is 11.5 Å². The normalized spacial score (nSPS) is 21.7. The standard InChI is InChI=1S/C31H36N4O4/c1-21-18-22(8-10-28(21)36)31(38)32-35-19-27(35)25-9-11-29(26-7-3-2-6-24(25)26)39-20-30(37)34-16-12-23(13-17-34)33-14-4-5-15-33/h2-3,6-11,18,23,27,36H,4-5,12-17,19-20H2,1H3,(H,32,38). The Morgan fingerprint density at radius 3 is 2.46 bits per heavy atom. The highest BCUT2D eigenvalue weighted by Gasteiger charge is 2.38. The van der Waals surface area contributed by atoms with Crippen molar-refractivity contribution in [1.82, 2.24) is 20.2 Å². The molecule has 3 aliphatic heterocycles. The Labute approximate surface area is 229 Å². The van der Waals surface area contributed by atoms with E-state index >= 15 is 0 Å². The number of hydrazine groups is 1. The molecule has 0 spiro atoms. The molecule has 3 fully saturated rings. The molecular weight excluding hydrogens is 492 g/mol. The number of piperidine rings is 1. The maximum atomic E-state index is 12.9. The second kappa shape index (κ2) is 10.9. The van der Waals surface area contributed by atoms with Gasteiger partial charge < -0.3 is 19.6 Å². The lowest BCUT2D eigenvalue weighted by Crippen LogP contribution is -2.47. The zero-order chi connectivity index (χ0) is 26.9. The summed E-state index contributed by atoms with van der Waals surface area (Å²) in [5.74, 6) is 0.718. The third kappa shape index (κ3) is 5.44. The predicted molar refractivity (Wildman–Crippen MR) is 150 cm³/mol. The molecule has 0 bridgehead atoms. The number of amides is 2. The highest BCUT2D eigenvalue weighted by atomic mass is 16.5. The first-order chi connectivity index (χ1) is 19.0. The summed E-state index contributed by atoms with van der Waals surface area (Å²) in [6.45, 7) is 6.52. The van der Waals surface area contributed by atoms with Crippen LogP contribution in [0.3, 0.4) is 0 Å². The van der Waals surface area contributed by atoms with E-state index in [4.69, 9.17) is 4.74 Å². The molecule has 3 aliphatic rings. The van der Waals surface area contributed by atoms with E-state index in [9.17, 15) is 14.7 Å². The number of hydrogen-bond acceptors (Lipinski definition) is 6. The lowest BCUT2D eigenvalue weighted by Gasteiger charge is -2.36. The first-order valence-electron chi connectivity index (χ1n) is 14.0. The van der Waals surface area contributed by atoms with Crippen LogP contribution >= 0.6 is 0 Å². The summed E-state index contributed by atoms with van der Waals surface area (Å²) in [7, 11) is 0. The molecule has 2 N–H and O–H groups in total. The highest BCUT2D eigenvalue weighted by Crippen LogP contribution is 2.40. The predicted octanol–water partition coefficient (Wildman–Crippen LogP) is 4.02. The molecule has 0 saturated carbocycles. The maximum absolute atomic E-state index is 12.9. The van der Waals surface area contributed by atoms with Gasteiger partial charge in [0.25, 0.3) is 11.8 Å². The first-order valence-corrected chi connectivity index (χ1v) is 14.0. The van der Waals surface area contributed by atoms with Gasteiger partial charge in [0.2, 0.25) is 0 Å². The summed E-state index contributed by atoms with van der Waals surface area (Å²) in [5.41, 5.74) is 5.25. The van der Waals surface area contributed by atoms with Crippen molar-refractivity contribution in [3.8, 4) is 11.5 Å². The minimum atomic E-state index is -0.201. The van der Waals surface area contributed by atoms with Gasteiger partial charge >= 0.3 is 0 Å². The lowest BCUT2D eigenvalue weighted by molar-refractivity contribution is -0.134. The molecule has 2 amide bonds. The number of rotatable bonds is 7. The molecule has 2 atom stereocenters. The van der Waals surface area contributed by atoms with Crippen LogP contribution in [0.2, 0.25) is 0 Å². The van der Waals surface area contributed by atoms with E-state index in [-0.39, 0.29) is 30.2 Å². The number of phenolic OH excluding ortho intramolecular Hbond substituents is 1. The zero-order valence-electron chi connectivity index (χ0n) is 22.4. The molecule has 3 heterocycles. The second-order valence-corrected chi connectivity index (χ2v) is 11.0. The third-order valence-electron chi connectivity index (χ3n) is 8.42. The monoisotopic (exact) mass is 528 g/mol. The van der Waals surface area contributed by atoms with Gasteiger partial charge in [0, 0.05) is 36.6 Å². The van der Waals surface area contributed by atoms with Crippen LogP contribution < -0.4 is 10.2 Å². The Kier molecular flexibility index (Phi) is 7.14. The van der Waals surface area contributed by atoms with E-state index in [1.807, 2.05) is 40.2 Å². The van der Waals surface area contributed by atoms with E-state index in [0.29, 0.717) is 29.5 Å². The van der Waals surface area contributed by atoms with Crippen LogP contribution in [0.15, 0.2) is 54.6 Å². The minimum absolute atomic E-state index is 0.0371. The topological polar surface area (TPSA) is 85.1 Å². The average molecular weight is 529 g/mol. The number of carbonyl (C=O) groups excluding carboxylic acids is 2. The van der Waals surface area contributed by atoms with E-state index in [1.54, 1.807) is 19.1 Å². The van der Waals surface area contributed by atoms with Gasteiger partial charge in [-0.3, -0.25) is 15.0 Å². The Bertz CT molecular complexity index is 1380. The van der Waals surface area contributed by atoms with Crippen molar-refractivity contribution in [3.05, 3.63) is 71.3 Å². The van der Waals surface area contributed by atoms with Gasteiger partial charge in [-0.05, 0) is 86.5 Å². The van der Waals surface area contributed by atoms with Crippen molar-refractivity contribution >= 4 is 22.6 Å². The number of likely N-dealkylation sites (tertiary alicyclic amines) is 2. The minimum Gasteiger partial charge on any atom is -0.508 e. The number of fused-ring (bicyclic) bond motifs is 1. The first kappa shape index (κ1) is 25.6. The number of phenols is 1. The Balaban J connectivity index is 1.08. The van der Waals surface area contributed by atoms with Gasteiger partial charge in [-0.1, -0.05) is 30.3 Å². The number of nitrogens with zero attached hydrogens (tertiary/aromatic N) is 3. The molecule has 0 radical (unpaired) electrons. The molecule has 0 aromatic heterocycles. The molecule has 8 heteroatoms. The molecule has 6 rings (SSSR count). The fourth-order valence-corrected chi connectivity index (χ4v) is 6.05. The number of hydrogen-bond donors (Lipinski definition) is 2. The molecule has 0 aliphatic carbocycles. The summed E-state index contributed by atoms with van der Waals surface area (Å²) in [6.07, 6.45) is 4.69. The van der Waals surface area contributed by atoms with Gasteiger partial charge in [-0.25, -0.2) is 5.01 Å². The quantitative estimate of drug-likeness (QED) is 0.451. The SMILES string of the molecule is Cc1cc(C(=O)NN2CC2c2ccc(OCC(=O)N3CCC(N4CCCC4)CC3)c3ccccc23)ccc1O. The Morgan fingerprint density at radius 2 is 1.72 bits per heavy atom. The highest BCUT2D eigenvalue weighted by molar-refractivity contribution is 5.95. The fourth-order valence-electron chi connectivity index (χ4n) is 6.05. The van der Waals surface area contributed by atoms with E-state index in [1.165, 1.54) is 32.0 Å². The van der Waals surface area contributed by atoms with Crippen LogP contribution in [0.1, 0.15) is 53.2 Å². The fraction of sp³-hybridized carbons (Fsp3) is 0.419. The molecule has 3 aromatic rings. The lowest BCUT2D eigenvalue weighted by atomic mass is 10.0. The van der Waals surface area contributed by atoms with Crippen molar-refractivity contribution in [2.75, 3.05) is 39.3 Å². The summed E-state index contributed by atoms with van der Waals surface area (Å²) >= 11 is 0. The van der Waals surface area contributed by atoms with Crippen LogP contribution in [-0.4, -0.2) is 77.1 Å². The van der Waals surface area contributed by atoms with Crippen LogP contribution in [0.4, 0.5) is 0 Å². The van der Waals surface area contributed by atoms with Gasteiger partial charge in [0.1, 0.15) is 11.5 Å². The second-order valence-electron chi connectivity index (χ2n) is 11.0. The summed E-state index contributed by atoms with van der Waals surface area (Å²) < 4.78 is 6.08. The van der Waals surface area contributed by atoms with E-state index in [0.717, 1.165) is 42.3 Å². The third-order valence-corrected chi connectivity index (χ3v) is 8.42. The van der Waals surface area contributed by atoms with E-state index in [2.05, 4.69) is 16.4 Å². The molecule has 8 nitrogen and oxygen atoms in total. The van der Waals surface area contributed by atoms with Crippen molar-refractivity contribution in [2.45, 2.75) is 44.7 Å². The molecule has 204 valence electrons. The number of carbonyl (C=O) groups is 2. The molecule has 3 aromatic carbocycles. The van der Waals surface area contributed by atoms with Crippen LogP contribution in [0.25, 0.3) is 10.8 Å². The number of aromatic hydroxyl groups is 1. The van der Waals surface area contributed by atoms with Crippen molar-refractivity contribution < 1.29 is 19.4 Å². The Hall–Kier alpha value is -3.62. The average Bonchev–Trinajstić information content (AvgIpc) is 3.48. The number of benzene rings is 3. The zero-order valence-corrected chi connectivity index (χ0v) is 22.4. The van der Waals surface area contributed by atoms with Gasteiger partial charge in [0.05, 0.1) is 6.04 Å². The van der Waals surface area contributed by atoms with Crippen molar-refractivity contribution in [1.29, 1.82) is 0 Å². The summed E-state index contributed by atoms with van der Waals surface area (Å²) in [5, 5.41) is 13.7. The summed E-state index contributed by atoms with van der Waals surface area (Å²) in [4.78, 5) is 30.2. The number of aryl methyl sites for hydroxylation is 1. The number of nitrogens with one attached hydrogen (secondary N) is 1. The van der Waals surface area contributed by atoms with Crippen molar-refractivity contribution in [2.24, 2.45) is 0 Å². The molecular formula is C31H36N4O4. The summed E-state index contributed by atoms with van der Waals surface area (Å²) in [6, 6.07) is 17.5. The van der Waals surface area contributed by atoms with Crippen LogP contribution in [-0.2, 0) is 4.79 Å². The molecule has 3 saturated heterocycles. The van der Waals surface area contributed by atoms with Gasteiger partial charge in [-0.15, -0.1) is 0 Å². The van der Waals surface area contributed by atoms with Crippen LogP contribution in [0, 0.1) is 6.92 Å². The largest absolute Gasteiger partial charge is 0.508 e. The van der Waals surface area contributed by atoms with Gasteiger partial charge in [0.15, 0.2) is 6.61 Å². The Morgan fingerprint density at radius 1 is 0.974 bits per heavy atom. The molecule has 39 heavy (non-hydrogen) atoms. The smallest absolute Gasteiger partial charge is 0.265 e. The van der Waals surface area contributed by atoms with Gasteiger partial charge in [-0.2, -0.15) is 0 Å². The maximum Gasteiger partial charge on any atom is 0.265 e. The molecule has 2 unspecified atom stereocenters. The van der Waals surface area contributed by atoms with Crippen molar-refractivity contribution in [3.63, 3.8) is 0 Å². The van der Waals surface area contributed by atoms with E-state index < -0.39 is 0 Å².